The zero-order chi connectivity index (χ0) is 28.2. The lowest BCUT2D eigenvalue weighted by molar-refractivity contribution is -0.138. The third-order valence-corrected chi connectivity index (χ3v) is 7.60. The average molecular weight is 559 g/mol. The molecule has 2 aliphatic rings. The molecule has 0 radical (unpaired) electrons. The molecule has 1 amide bonds. The highest BCUT2D eigenvalue weighted by Gasteiger charge is 2.34. The molecular formula is C27H32F6N4O2. The van der Waals surface area contributed by atoms with Gasteiger partial charge in [-0.05, 0) is 80.6 Å². The Hall–Kier alpha value is -2.99. The number of benzene rings is 2. The van der Waals surface area contributed by atoms with Crippen LogP contribution in [-0.4, -0.2) is 59.7 Å². The van der Waals surface area contributed by atoms with Crippen molar-refractivity contribution >= 4 is 17.3 Å². The van der Waals surface area contributed by atoms with Crippen molar-refractivity contribution in [2.75, 3.05) is 43.5 Å². The number of likely N-dealkylation sites (tertiary alicyclic amines) is 2. The van der Waals surface area contributed by atoms with Crippen LogP contribution < -0.4 is 10.8 Å². The van der Waals surface area contributed by atoms with Gasteiger partial charge in [-0.1, -0.05) is 12.1 Å². The van der Waals surface area contributed by atoms with Gasteiger partial charge in [0.1, 0.15) is 0 Å². The van der Waals surface area contributed by atoms with Crippen LogP contribution in [0.2, 0.25) is 0 Å². The summed E-state index contributed by atoms with van der Waals surface area (Å²) >= 11 is 0. The Morgan fingerprint density at radius 3 is 2.08 bits per heavy atom. The van der Waals surface area contributed by atoms with Crippen LogP contribution in [0.5, 0.6) is 0 Å². The molecule has 2 saturated heterocycles. The first-order valence-corrected chi connectivity index (χ1v) is 13.0. The molecule has 4 rings (SSSR count). The van der Waals surface area contributed by atoms with Crippen LogP contribution in [0.4, 0.5) is 37.7 Å². The van der Waals surface area contributed by atoms with E-state index >= 15 is 0 Å². The van der Waals surface area contributed by atoms with Crippen molar-refractivity contribution in [1.29, 1.82) is 0 Å². The van der Waals surface area contributed by atoms with E-state index in [0.717, 1.165) is 55.8 Å². The van der Waals surface area contributed by atoms with Gasteiger partial charge in [-0.25, -0.2) is 0 Å². The molecule has 0 unspecified atom stereocenters. The molecule has 6 nitrogen and oxygen atoms in total. The number of anilines is 2. The quantitative estimate of drug-likeness (QED) is 0.279. The first-order valence-electron chi connectivity index (χ1n) is 13.0. The number of carbonyl (C=O) groups excluding carboxylic acids is 1. The van der Waals surface area contributed by atoms with Crippen LogP contribution in [-0.2, 0) is 17.1 Å². The number of piperidine rings is 2. The summed E-state index contributed by atoms with van der Waals surface area (Å²) in [6.45, 7) is 3.18. The standard InChI is InChI=1S/C27H32F6N4O2/c28-26(29,30)20-3-1-18(2-4-20)19-7-12-36(13-8-19)14-11-25(38)37-15-9-21(10-16-37)34-22-5-6-24(35-39)23(17-22)27(31,32)33/h1-6,17,19,21,34-35,39H,7-16H2. The first kappa shape index (κ1) is 29.0. The third kappa shape index (κ3) is 7.57. The van der Waals surface area contributed by atoms with E-state index < -0.39 is 29.2 Å². The van der Waals surface area contributed by atoms with Crippen LogP contribution in [0, 0.1) is 0 Å². The van der Waals surface area contributed by atoms with Gasteiger partial charge in [0.25, 0.3) is 0 Å². The molecule has 2 aliphatic heterocycles. The Morgan fingerprint density at radius 2 is 1.51 bits per heavy atom. The Bertz CT molecular complexity index is 1110. The molecule has 2 aromatic carbocycles. The van der Waals surface area contributed by atoms with Gasteiger partial charge >= 0.3 is 12.4 Å². The number of halogens is 6. The van der Waals surface area contributed by atoms with E-state index in [4.69, 9.17) is 5.21 Å². The zero-order valence-corrected chi connectivity index (χ0v) is 21.3. The molecular weight excluding hydrogens is 526 g/mol. The fourth-order valence-electron chi connectivity index (χ4n) is 5.32. The molecule has 2 heterocycles. The molecule has 3 N–H and O–H groups in total. The highest BCUT2D eigenvalue weighted by molar-refractivity contribution is 5.76. The highest BCUT2D eigenvalue weighted by Crippen LogP contribution is 2.37. The largest absolute Gasteiger partial charge is 0.418 e. The van der Waals surface area contributed by atoms with Gasteiger partial charge in [0.05, 0.1) is 16.8 Å². The van der Waals surface area contributed by atoms with Gasteiger partial charge in [0, 0.05) is 37.8 Å². The molecule has 0 aromatic heterocycles. The van der Waals surface area contributed by atoms with Crippen molar-refractivity contribution in [1.82, 2.24) is 9.80 Å². The van der Waals surface area contributed by atoms with Gasteiger partial charge in [-0.2, -0.15) is 26.3 Å². The Kier molecular flexibility index (Phi) is 8.95. The number of hydrogen-bond donors (Lipinski definition) is 3. The number of rotatable bonds is 7. The van der Waals surface area contributed by atoms with E-state index in [0.29, 0.717) is 44.6 Å². The maximum atomic E-state index is 13.2. The summed E-state index contributed by atoms with van der Waals surface area (Å²) in [5.74, 6) is 0.241. The van der Waals surface area contributed by atoms with E-state index in [1.165, 1.54) is 6.07 Å². The minimum atomic E-state index is -4.62. The Morgan fingerprint density at radius 1 is 0.872 bits per heavy atom. The van der Waals surface area contributed by atoms with Gasteiger partial charge in [0.2, 0.25) is 5.91 Å². The summed E-state index contributed by atoms with van der Waals surface area (Å²) in [6, 6.07) is 8.88. The highest BCUT2D eigenvalue weighted by atomic mass is 19.4. The maximum Gasteiger partial charge on any atom is 0.418 e. The van der Waals surface area contributed by atoms with Gasteiger partial charge in [-0.15, -0.1) is 0 Å². The fraction of sp³-hybridized carbons (Fsp3) is 0.519. The molecule has 12 heteroatoms. The topological polar surface area (TPSA) is 67.8 Å². The molecule has 0 aliphatic carbocycles. The van der Waals surface area contributed by atoms with Gasteiger partial charge < -0.3 is 15.1 Å². The zero-order valence-electron chi connectivity index (χ0n) is 21.3. The number of nitrogens with zero attached hydrogens (tertiary/aromatic N) is 2. The van der Waals surface area contributed by atoms with E-state index in [9.17, 15) is 31.1 Å². The number of nitrogens with one attached hydrogen (secondary N) is 2. The van der Waals surface area contributed by atoms with Crippen LogP contribution in [0.15, 0.2) is 42.5 Å². The van der Waals surface area contributed by atoms with E-state index in [1.54, 1.807) is 22.5 Å². The van der Waals surface area contributed by atoms with Gasteiger partial charge in [0.15, 0.2) is 0 Å². The molecule has 0 spiro atoms. The summed E-state index contributed by atoms with van der Waals surface area (Å²) in [5, 5.41) is 12.1. The SMILES string of the molecule is O=C(CCN1CCC(c2ccc(C(F)(F)F)cc2)CC1)N1CCC(Nc2ccc(NO)c(C(F)(F)F)c2)CC1. The third-order valence-electron chi connectivity index (χ3n) is 7.60. The second-order valence-electron chi connectivity index (χ2n) is 10.2. The molecule has 0 atom stereocenters. The van der Waals surface area contributed by atoms with Crippen molar-refractivity contribution in [2.24, 2.45) is 0 Å². The molecule has 39 heavy (non-hydrogen) atoms. The number of alkyl halides is 6. The molecule has 0 bridgehead atoms. The Labute approximate surface area is 222 Å². The second kappa shape index (κ2) is 12.0. The number of carbonyl (C=O) groups is 1. The summed E-state index contributed by atoms with van der Waals surface area (Å²) in [7, 11) is 0. The maximum absolute atomic E-state index is 13.2. The van der Waals surface area contributed by atoms with Crippen LogP contribution in [0.25, 0.3) is 0 Å². The fourth-order valence-corrected chi connectivity index (χ4v) is 5.32. The molecule has 2 fully saturated rings. The lowest BCUT2D eigenvalue weighted by Crippen LogP contribution is -2.43. The Balaban J connectivity index is 1.18. The minimum Gasteiger partial charge on any atom is -0.382 e. The smallest absolute Gasteiger partial charge is 0.382 e. The van der Waals surface area contributed by atoms with Crippen LogP contribution >= 0.6 is 0 Å². The van der Waals surface area contributed by atoms with E-state index in [2.05, 4.69) is 10.2 Å². The minimum absolute atomic E-state index is 0.0380. The summed E-state index contributed by atoms with van der Waals surface area (Å²) in [5.41, 5.74) is 0.746. The lowest BCUT2D eigenvalue weighted by Gasteiger charge is -2.35. The van der Waals surface area contributed by atoms with Crippen LogP contribution in [0.3, 0.4) is 0 Å². The second-order valence-corrected chi connectivity index (χ2v) is 10.2. The summed E-state index contributed by atoms with van der Waals surface area (Å²) in [4.78, 5) is 16.8. The van der Waals surface area contributed by atoms with Crippen molar-refractivity contribution in [3.63, 3.8) is 0 Å². The molecule has 0 saturated carbocycles. The van der Waals surface area contributed by atoms with Crippen molar-refractivity contribution < 1.29 is 36.3 Å². The predicted octanol–water partition coefficient (Wildman–Crippen LogP) is 6.20. The van der Waals surface area contributed by atoms with Crippen molar-refractivity contribution in [2.45, 2.75) is 56.4 Å². The van der Waals surface area contributed by atoms with E-state index in [-0.39, 0.29) is 17.9 Å². The summed E-state index contributed by atoms with van der Waals surface area (Å²) < 4.78 is 78.1. The monoisotopic (exact) mass is 558 g/mol. The van der Waals surface area contributed by atoms with E-state index in [1.807, 2.05) is 0 Å². The lowest BCUT2D eigenvalue weighted by atomic mass is 9.89. The van der Waals surface area contributed by atoms with Crippen LogP contribution in [0.1, 0.15) is 54.7 Å². The van der Waals surface area contributed by atoms with Crippen molar-refractivity contribution in [3.8, 4) is 0 Å². The number of amides is 1. The van der Waals surface area contributed by atoms with Gasteiger partial charge in [-0.3, -0.25) is 15.5 Å². The average Bonchev–Trinajstić information content (AvgIpc) is 2.91. The number of hydrogen-bond acceptors (Lipinski definition) is 5. The predicted molar refractivity (Wildman–Crippen MR) is 135 cm³/mol. The molecule has 214 valence electrons. The normalized spacial score (nSPS) is 18.3. The summed E-state index contributed by atoms with van der Waals surface area (Å²) in [6.07, 6.45) is -5.74. The molecule has 2 aromatic rings. The first-order chi connectivity index (χ1) is 18.4. The van der Waals surface area contributed by atoms with Crippen molar-refractivity contribution in [3.05, 3.63) is 59.2 Å².